The highest BCUT2D eigenvalue weighted by atomic mass is 35.5. The van der Waals surface area contributed by atoms with Crippen molar-refractivity contribution in [2.24, 2.45) is 10.2 Å². The van der Waals surface area contributed by atoms with Gasteiger partial charge in [0.2, 0.25) is 0 Å². The van der Waals surface area contributed by atoms with Crippen molar-refractivity contribution in [3.05, 3.63) is 71.0 Å². The van der Waals surface area contributed by atoms with Gasteiger partial charge in [0.15, 0.2) is 0 Å². The lowest BCUT2D eigenvalue weighted by Crippen LogP contribution is -2.25. The normalized spacial score (nSPS) is 12.3. The van der Waals surface area contributed by atoms with Crippen LogP contribution in [0.1, 0.15) is 50.2 Å². The van der Waals surface area contributed by atoms with Gasteiger partial charge in [-0.3, -0.25) is 0 Å². The molecule has 6 nitrogen and oxygen atoms in total. The van der Waals surface area contributed by atoms with Gasteiger partial charge in [-0.15, -0.1) is 24.8 Å². The lowest BCUT2D eigenvalue weighted by Gasteiger charge is -2.27. The first-order valence-electron chi connectivity index (χ1n) is 12.0. The fourth-order valence-electron chi connectivity index (χ4n) is 5.54. The van der Waals surface area contributed by atoms with Gasteiger partial charge < -0.3 is 19.3 Å². The number of aryl methyl sites for hydroxylation is 2. The molecule has 0 aliphatic carbocycles. The molecule has 0 saturated heterocycles. The van der Waals surface area contributed by atoms with Gasteiger partial charge in [-0.1, -0.05) is 36.4 Å². The molecule has 196 valence electrons. The van der Waals surface area contributed by atoms with Crippen LogP contribution < -0.4 is 0 Å². The molecule has 0 fully saturated rings. The number of rotatable bonds is 8. The predicted octanol–water partition coefficient (Wildman–Crippen LogP) is 6.66. The first-order valence-corrected chi connectivity index (χ1v) is 12.0. The highest BCUT2D eigenvalue weighted by molar-refractivity contribution is 5.87. The molecule has 36 heavy (non-hydrogen) atoms. The van der Waals surface area contributed by atoms with Crippen molar-refractivity contribution in [3.63, 3.8) is 0 Å². The number of azo groups is 1. The molecule has 0 unspecified atom stereocenters. The average molecular weight is 534 g/mol. The van der Waals surface area contributed by atoms with Crippen molar-refractivity contribution < 1.29 is 10.2 Å². The number of aliphatic hydroxyl groups excluding tert-OH is 2. The molecule has 0 bridgehead atoms. The van der Waals surface area contributed by atoms with Crippen LogP contribution >= 0.6 is 24.8 Å². The van der Waals surface area contributed by atoms with Gasteiger partial charge in [0.05, 0.1) is 24.6 Å². The molecule has 0 aliphatic heterocycles. The van der Waals surface area contributed by atoms with Crippen LogP contribution in [0.25, 0.3) is 21.8 Å². The van der Waals surface area contributed by atoms with Crippen molar-refractivity contribution in [1.82, 2.24) is 9.13 Å². The third-order valence-corrected chi connectivity index (χ3v) is 6.80. The molecule has 2 aromatic heterocycles. The zero-order chi connectivity index (χ0) is 24.7. The van der Waals surface area contributed by atoms with Gasteiger partial charge in [0, 0.05) is 34.9 Å². The van der Waals surface area contributed by atoms with Crippen molar-refractivity contribution in [3.8, 4) is 0 Å². The van der Waals surface area contributed by atoms with E-state index in [1.54, 1.807) is 0 Å². The van der Waals surface area contributed by atoms with E-state index in [9.17, 15) is 10.2 Å². The molecular weight excluding hydrogens is 495 g/mol. The van der Waals surface area contributed by atoms with E-state index in [2.05, 4.69) is 74.9 Å². The molecule has 8 heteroatoms. The highest BCUT2D eigenvalue weighted by Gasteiger charge is 2.33. The fraction of sp³-hybridized carbons (Fsp3) is 0.429. The Morgan fingerprint density at radius 2 is 0.972 bits per heavy atom. The predicted molar refractivity (Wildman–Crippen MR) is 153 cm³/mol. The molecule has 2 N–H and O–H groups in total. The number of halogens is 2. The second-order valence-corrected chi connectivity index (χ2v) is 10.1. The maximum atomic E-state index is 9.77. The summed E-state index contributed by atoms with van der Waals surface area (Å²) >= 11 is 0. The van der Waals surface area contributed by atoms with E-state index in [1.807, 2.05) is 24.3 Å². The number of nitrogens with zero attached hydrogens (tertiary/aromatic N) is 4. The van der Waals surface area contributed by atoms with Gasteiger partial charge in [-0.25, -0.2) is 0 Å². The number of fused-ring (bicyclic) bond motifs is 2. The molecule has 2 aromatic carbocycles. The number of hydrogen-bond donors (Lipinski definition) is 2. The summed E-state index contributed by atoms with van der Waals surface area (Å²) in [4.78, 5) is 0. The average Bonchev–Trinajstić information content (AvgIpc) is 3.26. The molecule has 0 amide bonds. The number of aromatic nitrogens is 2. The summed E-state index contributed by atoms with van der Waals surface area (Å²) in [5.41, 5.74) is 5.46. The Balaban J connectivity index is 0.00000228. The monoisotopic (exact) mass is 532 g/mol. The van der Waals surface area contributed by atoms with Crippen LogP contribution in [-0.4, -0.2) is 32.6 Å². The minimum absolute atomic E-state index is 0. The van der Waals surface area contributed by atoms with Crippen LogP contribution in [0.3, 0.4) is 0 Å². The first-order chi connectivity index (χ1) is 16.1. The quantitative estimate of drug-likeness (QED) is 0.249. The standard InChI is InChI=1S/C28H36N4O2.2ClH/c1-19-21-11-7-9-13-23(21)31(15-17-33)25(19)27(3,4)29-30-28(5,6)26-20(2)22-12-8-10-14-24(22)32(26)16-18-34;;/h7-14,33-34H,15-18H2,1-6H3;2*1H. The molecule has 4 rings (SSSR count). The van der Waals surface area contributed by atoms with Crippen molar-refractivity contribution in [1.29, 1.82) is 0 Å². The molecule has 0 spiro atoms. The third-order valence-electron chi connectivity index (χ3n) is 6.80. The summed E-state index contributed by atoms with van der Waals surface area (Å²) in [6.45, 7) is 13.7. The van der Waals surface area contributed by atoms with Crippen LogP contribution in [0.2, 0.25) is 0 Å². The maximum Gasteiger partial charge on any atom is 0.116 e. The first kappa shape index (κ1) is 29.8. The molecule has 0 atom stereocenters. The lowest BCUT2D eigenvalue weighted by atomic mass is 9.96. The van der Waals surface area contributed by atoms with Gasteiger partial charge in [-0.2, -0.15) is 10.2 Å². The number of aliphatic hydroxyl groups is 2. The Morgan fingerprint density at radius 1 is 0.639 bits per heavy atom. The second kappa shape index (κ2) is 11.3. The molecular formula is C28H38Cl2N4O2. The van der Waals surface area contributed by atoms with Crippen molar-refractivity contribution in [2.75, 3.05) is 13.2 Å². The second-order valence-electron chi connectivity index (χ2n) is 10.1. The minimum atomic E-state index is -0.600. The molecule has 0 aliphatic rings. The van der Waals surface area contributed by atoms with E-state index < -0.39 is 11.1 Å². The van der Waals surface area contributed by atoms with Gasteiger partial charge in [0.25, 0.3) is 0 Å². The summed E-state index contributed by atoms with van der Waals surface area (Å²) < 4.78 is 4.34. The number of hydrogen-bond acceptors (Lipinski definition) is 4. The Labute approximate surface area is 225 Å². The van der Waals surface area contributed by atoms with E-state index in [-0.39, 0.29) is 38.0 Å². The smallest absolute Gasteiger partial charge is 0.116 e. The van der Waals surface area contributed by atoms with Crippen LogP contribution in [0, 0.1) is 13.8 Å². The topological polar surface area (TPSA) is 75.0 Å². The van der Waals surface area contributed by atoms with Gasteiger partial charge >= 0.3 is 0 Å². The Morgan fingerprint density at radius 3 is 1.31 bits per heavy atom. The zero-order valence-corrected chi connectivity index (χ0v) is 23.6. The summed E-state index contributed by atoms with van der Waals surface area (Å²) in [6, 6.07) is 16.6. The van der Waals surface area contributed by atoms with Crippen LogP contribution in [0.5, 0.6) is 0 Å². The summed E-state index contributed by atoms with van der Waals surface area (Å²) in [5, 5.41) is 31.8. The van der Waals surface area contributed by atoms with Crippen molar-refractivity contribution >= 4 is 46.6 Å². The van der Waals surface area contributed by atoms with E-state index in [0.717, 1.165) is 33.5 Å². The van der Waals surface area contributed by atoms with E-state index in [0.29, 0.717) is 13.1 Å². The van der Waals surface area contributed by atoms with E-state index in [1.165, 1.54) is 10.8 Å². The SMILES string of the molecule is Cc1c(C(C)(C)N=NC(C)(C)c2c(C)c3ccccc3n2CCO)n(CCO)c2ccccc12.Cl.Cl. The van der Waals surface area contributed by atoms with Crippen LogP contribution in [0.15, 0.2) is 58.8 Å². The zero-order valence-electron chi connectivity index (χ0n) is 21.9. The molecule has 0 radical (unpaired) electrons. The molecule has 0 saturated carbocycles. The minimum Gasteiger partial charge on any atom is -0.395 e. The summed E-state index contributed by atoms with van der Waals surface area (Å²) in [5.74, 6) is 0. The highest BCUT2D eigenvalue weighted by Crippen LogP contribution is 2.39. The molecule has 2 heterocycles. The van der Waals surface area contributed by atoms with Gasteiger partial charge in [-0.05, 0) is 64.8 Å². The maximum absolute atomic E-state index is 9.77. The number of benzene rings is 2. The van der Waals surface area contributed by atoms with Crippen LogP contribution in [0.4, 0.5) is 0 Å². The fourth-order valence-corrected chi connectivity index (χ4v) is 5.54. The van der Waals surface area contributed by atoms with Crippen LogP contribution in [-0.2, 0) is 24.2 Å². The third kappa shape index (κ3) is 5.05. The van der Waals surface area contributed by atoms with E-state index in [4.69, 9.17) is 10.2 Å². The molecule has 4 aromatic rings. The van der Waals surface area contributed by atoms with Gasteiger partial charge in [0.1, 0.15) is 11.1 Å². The van der Waals surface area contributed by atoms with E-state index >= 15 is 0 Å². The van der Waals surface area contributed by atoms with Crippen molar-refractivity contribution in [2.45, 2.75) is 65.7 Å². The Hall–Kier alpha value is -2.38. The summed E-state index contributed by atoms with van der Waals surface area (Å²) in [6.07, 6.45) is 0. The lowest BCUT2D eigenvalue weighted by molar-refractivity contribution is 0.270. The summed E-state index contributed by atoms with van der Waals surface area (Å²) in [7, 11) is 0. The number of para-hydroxylation sites is 2. The largest absolute Gasteiger partial charge is 0.395 e. The Kier molecular flexibility index (Phi) is 9.41. The Bertz CT molecular complexity index is 1270.